The van der Waals surface area contributed by atoms with Gasteiger partial charge in [-0.05, 0) is 0 Å². The van der Waals surface area contributed by atoms with E-state index >= 15 is 0 Å². The molecular formula is C10H18O7. The van der Waals surface area contributed by atoms with E-state index in [9.17, 15) is 20.4 Å². The van der Waals surface area contributed by atoms with Crippen LogP contribution in [-0.2, 0) is 14.2 Å². The lowest BCUT2D eigenvalue weighted by atomic mass is 10.1. The molecule has 0 aromatic heterocycles. The Morgan fingerprint density at radius 2 is 1.18 bits per heavy atom. The SMILES string of the molecule is O[C@@H]1CO[C@H](O[C@H]2OC[C@@H](O)C[C@H]2O)[C@H](O)C1. The molecule has 0 saturated carbocycles. The third-order valence-corrected chi connectivity index (χ3v) is 2.83. The van der Waals surface area contributed by atoms with E-state index in [0.717, 1.165) is 0 Å². The van der Waals surface area contributed by atoms with Crippen molar-refractivity contribution in [2.45, 2.75) is 49.8 Å². The summed E-state index contributed by atoms with van der Waals surface area (Å²) >= 11 is 0. The Hall–Kier alpha value is -0.280. The van der Waals surface area contributed by atoms with E-state index in [2.05, 4.69) is 0 Å². The average Bonchev–Trinajstić information content (AvgIpc) is 2.25. The number of hydrogen-bond acceptors (Lipinski definition) is 7. The van der Waals surface area contributed by atoms with E-state index in [-0.39, 0.29) is 26.1 Å². The number of ether oxygens (including phenoxy) is 3. The maximum atomic E-state index is 9.61. The number of aliphatic hydroxyl groups excluding tert-OH is 4. The molecule has 7 nitrogen and oxygen atoms in total. The lowest BCUT2D eigenvalue weighted by molar-refractivity contribution is -0.326. The normalized spacial score (nSPS) is 48.0. The van der Waals surface area contributed by atoms with Gasteiger partial charge in [-0.3, -0.25) is 0 Å². The highest BCUT2D eigenvalue weighted by atomic mass is 16.8. The lowest BCUT2D eigenvalue weighted by Crippen LogP contribution is -2.49. The largest absolute Gasteiger partial charge is 0.391 e. The van der Waals surface area contributed by atoms with Gasteiger partial charge in [-0.15, -0.1) is 0 Å². The fraction of sp³-hybridized carbons (Fsp3) is 1.00. The molecular weight excluding hydrogens is 232 g/mol. The molecule has 2 aliphatic heterocycles. The summed E-state index contributed by atoms with van der Waals surface area (Å²) in [4.78, 5) is 0. The monoisotopic (exact) mass is 250 g/mol. The first-order valence-corrected chi connectivity index (χ1v) is 5.67. The summed E-state index contributed by atoms with van der Waals surface area (Å²) in [5, 5.41) is 37.7. The number of aliphatic hydroxyl groups is 4. The first-order valence-electron chi connectivity index (χ1n) is 5.67. The third-order valence-electron chi connectivity index (χ3n) is 2.83. The predicted octanol–water partition coefficient (Wildman–Crippen LogP) is -2.06. The van der Waals surface area contributed by atoms with Crippen LogP contribution in [0, 0.1) is 0 Å². The molecule has 0 unspecified atom stereocenters. The molecule has 0 spiro atoms. The standard InChI is InChI=1S/C10H18O7/c11-5-1-7(13)9(15-3-5)17-10-8(14)2-6(12)4-16-10/h5-14H,1-4H2/t5-,6-,7+,8+,9+,10+/m0/s1. The highest BCUT2D eigenvalue weighted by Gasteiger charge is 2.36. The van der Waals surface area contributed by atoms with Crippen molar-refractivity contribution in [3.8, 4) is 0 Å². The van der Waals surface area contributed by atoms with Crippen LogP contribution in [-0.4, -0.2) is 70.6 Å². The first kappa shape index (κ1) is 13.2. The topological polar surface area (TPSA) is 109 Å². The molecule has 7 heteroatoms. The van der Waals surface area contributed by atoms with Crippen molar-refractivity contribution >= 4 is 0 Å². The summed E-state index contributed by atoms with van der Waals surface area (Å²) in [6.45, 7) is 0.153. The molecule has 2 aliphatic rings. The van der Waals surface area contributed by atoms with Gasteiger partial charge in [0.05, 0.1) is 25.4 Å². The molecule has 2 rings (SSSR count). The maximum Gasteiger partial charge on any atom is 0.186 e. The van der Waals surface area contributed by atoms with Crippen LogP contribution in [0.2, 0.25) is 0 Å². The summed E-state index contributed by atoms with van der Waals surface area (Å²) in [6, 6.07) is 0. The Morgan fingerprint density at radius 3 is 1.53 bits per heavy atom. The van der Waals surface area contributed by atoms with Crippen LogP contribution in [0.4, 0.5) is 0 Å². The van der Waals surface area contributed by atoms with Crippen molar-refractivity contribution in [3.05, 3.63) is 0 Å². The Labute approximate surface area is 98.5 Å². The van der Waals surface area contributed by atoms with Crippen LogP contribution in [0.15, 0.2) is 0 Å². The van der Waals surface area contributed by atoms with Crippen LogP contribution in [0.5, 0.6) is 0 Å². The van der Waals surface area contributed by atoms with E-state index in [1.807, 2.05) is 0 Å². The van der Waals surface area contributed by atoms with Crippen molar-refractivity contribution in [2.75, 3.05) is 13.2 Å². The fourth-order valence-electron chi connectivity index (χ4n) is 1.94. The van der Waals surface area contributed by atoms with Crippen molar-refractivity contribution in [2.24, 2.45) is 0 Å². The predicted molar refractivity (Wildman–Crippen MR) is 53.8 cm³/mol. The molecule has 17 heavy (non-hydrogen) atoms. The Balaban J connectivity index is 1.84. The molecule has 0 amide bonds. The Bertz CT molecular complexity index is 225. The quantitative estimate of drug-likeness (QED) is 0.446. The smallest absolute Gasteiger partial charge is 0.186 e. The zero-order chi connectivity index (χ0) is 12.4. The van der Waals surface area contributed by atoms with Gasteiger partial charge < -0.3 is 34.6 Å². The summed E-state index contributed by atoms with van der Waals surface area (Å²) in [5.74, 6) is 0. The van der Waals surface area contributed by atoms with Gasteiger partial charge in [0.1, 0.15) is 12.2 Å². The second-order valence-corrected chi connectivity index (χ2v) is 4.45. The molecule has 0 bridgehead atoms. The molecule has 6 atom stereocenters. The highest BCUT2D eigenvalue weighted by molar-refractivity contribution is 4.76. The van der Waals surface area contributed by atoms with Crippen molar-refractivity contribution in [1.82, 2.24) is 0 Å². The fourth-order valence-corrected chi connectivity index (χ4v) is 1.94. The van der Waals surface area contributed by atoms with Gasteiger partial charge in [-0.25, -0.2) is 0 Å². The van der Waals surface area contributed by atoms with Crippen LogP contribution in [0.3, 0.4) is 0 Å². The van der Waals surface area contributed by atoms with E-state index in [1.54, 1.807) is 0 Å². The van der Waals surface area contributed by atoms with Crippen molar-refractivity contribution < 1.29 is 34.6 Å². The Kier molecular flexibility index (Phi) is 4.31. The molecule has 2 saturated heterocycles. The minimum atomic E-state index is -0.957. The van der Waals surface area contributed by atoms with E-state index in [1.165, 1.54) is 0 Å². The zero-order valence-electron chi connectivity index (χ0n) is 9.31. The van der Waals surface area contributed by atoms with Gasteiger partial charge in [0.15, 0.2) is 12.6 Å². The van der Waals surface area contributed by atoms with E-state index in [4.69, 9.17) is 14.2 Å². The zero-order valence-corrected chi connectivity index (χ0v) is 9.31. The summed E-state index contributed by atoms with van der Waals surface area (Å²) in [5.41, 5.74) is 0. The second-order valence-electron chi connectivity index (χ2n) is 4.45. The molecule has 0 aliphatic carbocycles. The van der Waals surface area contributed by atoms with Gasteiger partial charge in [0.2, 0.25) is 0 Å². The maximum absolute atomic E-state index is 9.61. The van der Waals surface area contributed by atoms with Crippen molar-refractivity contribution in [3.63, 3.8) is 0 Å². The van der Waals surface area contributed by atoms with Gasteiger partial charge in [0.25, 0.3) is 0 Å². The average molecular weight is 250 g/mol. The first-order chi connectivity index (χ1) is 8.06. The van der Waals surface area contributed by atoms with Crippen LogP contribution in [0.1, 0.15) is 12.8 Å². The third kappa shape index (κ3) is 3.35. The summed E-state index contributed by atoms with van der Waals surface area (Å²) in [7, 11) is 0. The number of rotatable bonds is 2. The summed E-state index contributed by atoms with van der Waals surface area (Å²) < 4.78 is 15.5. The molecule has 0 radical (unpaired) electrons. The number of hydrogen-bond donors (Lipinski definition) is 4. The van der Waals surface area contributed by atoms with Gasteiger partial charge in [-0.2, -0.15) is 0 Å². The molecule has 2 fully saturated rings. The lowest BCUT2D eigenvalue weighted by Gasteiger charge is -2.37. The minimum absolute atomic E-state index is 0.0766. The van der Waals surface area contributed by atoms with E-state index in [0.29, 0.717) is 0 Å². The second kappa shape index (κ2) is 5.57. The molecule has 4 N–H and O–H groups in total. The van der Waals surface area contributed by atoms with Crippen LogP contribution in [0.25, 0.3) is 0 Å². The Morgan fingerprint density at radius 1 is 0.765 bits per heavy atom. The summed E-state index contributed by atoms with van der Waals surface area (Å²) in [6.07, 6.45) is -4.84. The van der Waals surface area contributed by atoms with E-state index < -0.39 is 37.0 Å². The van der Waals surface area contributed by atoms with Crippen LogP contribution < -0.4 is 0 Å². The molecule has 0 aromatic carbocycles. The molecule has 0 aromatic rings. The van der Waals surface area contributed by atoms with Gasteiger partial charge >= 0.3 is 0 Å². The van der Waals surface area contributed by atoms with Crippen LogP contribution >= 0.6 is 0 Å². The minimum Gasteiger partial charge on any atom is -0.391 e. The molecule has 2 heterocycles. The van der Waals surface area contributed by atoms with Crippen molar-refractivity contribution in [1.29, 1.82) is 0 Å². The molecule has 100 valence electrons. The van der Waals surface area contributed by atoms with Gasteiger partial charge in [0, 0.05) is 12.8 Å². The highest BCUT2D eigenvalue weighted by Crippen LogP contribution is 2.22. The van der Waals surface area contributed by atoms with Gasteiger partial charge in [-0.1, -0.05) is 0 Å².